The van der Waals surface area contributed by atoms with Crippen molar-refractivity contribution in [1.29, 1.82) is 0 Å². The lowest BCUT2D eigenvalue weighted by Crippen LogP contribution is -2.12. The smallest absolute Gasteiger partial charge is 0.255 e. The van der Waals surface area contributed by atoms with Gasteiger partial charge in [-0.3, -0.25) is 4.79 Å². The number of carbonyl (C=O) groups is 1. The molecule has 5 nitrogen and oxygen atoms in total. The summed E-state index contributed by atoms with van der Waals surface area (Å²) in [6, 6.07) is 7.88. The summed E-state index contributed by atoms with van der Waals surface area (Å²) >= 11 is 0. The van der Waals surface area contributed by atoms with Crippen molar-refractivity contribution in [2.24, 2.45) is 0 Å². The van der Waals surface area contributed by atoms with Crippen molar-refractivity contribution in [3.05, 3.63) is 53.9 Å². The molecule has 0 unspecified atom stereocenters. The third-order valence-electron chi connectivity index (χ3n) is 2.85. The lowest BCUT2D eigenvalue weighted by molar-refractivity contribution is 0.102. The lowest BCUT2D eigenvalue weighted by Gasteiger charge is -2.05. The molecule has 20 heavy (non-hydrogen) atoms. The Morgan fingerprint density at radius 1 is 1.30 bits per heavy atom. The van der Waals surface area contributed by atoms with Gasteiger partial charge < -0.3 is 10.3 Å². The number of amides is 1. The summed E-state index contributed by atoms with van der Waals surface area (Å²) in [6.45, 7) is 1.86. The number of hydrogen-bond donors (Lipinski definition) is 2. The van der Waals surface area contributed by atoms with Crippen LogP contribution in [-0.2, 0) is 0 Å². The van der Waals surface area contributed by atoms with Crippen LogP contribution >= 0.6 is 0 Å². The Hall–Kier alpha value is -2.76. The van der Waals surface area contributed by atoms with Crippen molar-refractivity contribution in [1.82, 2.24) is 15.0 Å². The Bertz CT molecular complexity index is 797. The Morgan fingerprint density at radius 2 is 2.15 bits per heavy atom. The second-order valence-corrected chi connectivity index (χ2v) is 4.38. The first-order valence-corrected chi connectivity index (χ1v) is 6.01. The van der Waals surface area contributed by atoms with Gasteiger partial charge in [-0.15, -0.1) is 0 Å². The van der Waals surface area contributed by atoms with E-state index in [-0.39, 0.29) is 11.5 Å². The zero-order valence-corrected chi connectivity index (χ0v) is 10.6. The van der Waals surface area contributed by atoms with Crippen LogP contribution in [0, 0.1) is 12.9 Å². The minimum atomic E-state index is -0.683. The van der Waals surface area contributed by atoms with Crippen molar-refractivity contribution >= 4 is 22.6 Å². The number of halogens is 1. The number of H-pyrrole nitrogens is 1. The third kappa shape index (κ3) is 2.35. The van der Waals surface area contributed by atoms with E-state index in [1.54, 1.807) is 12.1 Å². The fourth-order valence-electron chi connectivity index (χ4n) is 1.96. The lowest BCUT2D eigenvalue weighted by atomic mass is 10.2. The molecule has 2 aromatic heterocycles. The topological polar surface area (TPSA) is 70.7 Å². The van der Waals surface area contributed by atoms with E-state index in [2.05, 4.69) is 20.3 Å². The molecule has 0 spiro atoms. The molecule has 0 fully saturated rings. The van der Waals surface area contributed by atoms with Crippen molar-refractivity contribution < 1.29 is 9.18 Å². The molecule has 2 N–H and O–H groups in total. The first kappa shape index (κ1) is 12.3. The number of aryl methyl sites for hydroxylation is 1. The van der Waals surface area contributed by atoms with Crippen LogP contribution < -0.4 is 5.32 Å². The highest BCUT2D eigenvalue weighted by Gasteiger charge is 2.08. The number of pyridine rings is 1. The van der Waals surface area contributed by atoms with Crippen LogP contribution in [0.5, 0.6) is 0 Å². The van der Waals surface area contributed by atoms with Gasteiger partial charge >= 0.3 is 0 Å². The van der Waals surface area contributed by atoms with Crippen molar-refractivity contribution in [2.45, 2.75) is 6.92 Å². The highest BCUT2D eigenvalue weighted by Crippen LogP contribution is 2.17. The van der Waals surface area contributed by atoms with Gasteiger partial charge in [0.05, 0.1) is 11.0 Å². The molecule has 0 aliphatic rings. The fourth-order valence-corrected chi connectivity index (χ4v) is 1.96. The quantitative estimate of drug-likeness (QED) is 0.703. The number of aromatic amines is 1. The van der Waals surface area contributed by atoms with Gasteiger partial charge in [-0.25, -0.2) is 9.97 Å². The number of nitrogens with zero attached hydrogens (tertiary/aromatic N) is 2. The van der Waals surface area contributed by atoms with E-state index in [9.17, 15) is 9.18 Å². The summed E-state index contributed by atoms with van der Waals surface area (Å²) in [5.74, 6) is -0.265. The number of nitrogens with one attached hydrogen (secondary N) is 2. The Kier molecular flexibility index (Phi) is 2.90. The second-order valence-electron chi connectivity index (χ2n) is 4.38. The number of fused-ring (bicyclic) bond motifs is 1. The summed E-state index contributed by atoms with van der Waals surface area (Å²) in [5.41, 5.74) is 2.50. The molecule has 2 heterocycles. The molecule has 0 bridgehead atoms. The van der Waals surface area contributed by atoms with E-state index < -0.39 is 5.95 Å². The van der Waals surface area contributed by atoms with Crippen molar-refractivity contribution in [2.75, 3.05) is 5.32 Å². The summed E-state index contributed by atoms with van der Waals surface area (Å²) < 4.78 is 13.0. The Labute approximate surface area is 113 Å². The number of hydrogen-bond acceptors (Lipinski definition) is 3. The molecule has 3 aromatic rings. The van der Waals surface area contributed by atoms with Crippen LogP contribution in [0.3, 0.4) is 0 Å². The van der Waals surface area contributed by atoms with E-state index in [0.717, 1.165) is 22.9 Å². The van der Waals surface area contributed by atoms with Gasteiger partial charge in [-0.1, -0.05) is 0 Å². The monoisotopic (exact) mass is 270 g/mol. The molecule has 1 aromatic carbocycles. The number of carbonyl (C=O) groups excluding carboxylic acids is 1. The SMILES string of the molecule is Cc1nc2ccc(NC(=O)c3ccnc(F)c3)cc2[nH]1. The number of anilines is 1. The average molecular weight is 270 g/mol. The summed E-state index contributed by atoms with van der Waals surface area (Å²) in [4.78, 5) is 22.8. The van der Waals surface area contributed by atoms with Gasteiger partial charge in [0.2, 0.25) is 5.95 Å². The molecule has 0 atom stereocenters. The summed E-state index contributed by atoms with van der Waals surface area (Å²) in [7, 11) is 0. The zero-order valence-electron chi connectivity index (χ0n) is 10.6. The van der Waals surface area contributed by atoms with Crippen LogP contribution in [0.15, 0.2) is 36.5 Å². The third-order valence-corrected chi connectivity index (χ3v) is 2.85. The summed E-state index contributed by atoms with van der Waals surface area (Å²) in [5, 5.41) is 2.71. The largest absolute Gasteiger partial charge is 0.342 e. The molecule has 0 aliphatic heterocycles. The van der Waals surface area contributed by atoms with Crippen LogP contribution in [0.2, 0.25) is 0 Å². The van der Waals surface area contributed by atoms with E-state index >= 15 is 0 Å². The predicted octanol–water partition coefficient (Wildman–Crippen LogP) is 2.66. The van der Waals surface area contributed by atoms with E-state index in [0.29, 0.717) is 5.69 Å². The van der Waals surface area contributed by atoms with Crippen molar-refractivity contribution in [3.63, 3.8) is 0 Å². The van der Waals surface area contributed by atoms with Crippen LogP contribution in [0.4, 0.5) is 10.1 Å². The maximum atomic E-state index is 13.0. The van der Waals surface area contributed by atoms with E-state index in [1.807, 2.05) is 13.0 Å². The average Bonchev–Trinajstić information content (AvgIpc) is 2.78. The Morgan fingerprint density at radius 3 is 2.95 bits per heavy atom. The molecule has 0 aliphatic carbocycles. The first-order chi connectivity index (χ1) is 9.61. The van der Waals surface area contributed by atoms with Gasteiger partial charge in [0.1, 0.15) is 5.82 Å². The molecular formula is C14H11FN4O. The fraction of sp³-hybridized carbons (Fsp3) is 0.0714. The molecule has 0 radical (unpaired) electrons. The normalized spacial score (nSPS) is 10.7. The molecule has 6 heteroatoms. The van der Waals surface area contributed by atoms with Crippen LogP contribution in [0.25, 0.3) is 11.0 Å². The van der Waals surface area contributed by atoms with Crippen molar-refractivity contribution in [3.8, 4) is 0 Å². The van der Waals surface area contributed by atoms with Gasteiger partial charge in [0.25, 0.3) is 5.91 Å². The van der Waals surface area contributed by atoms with E-state index in [1.165, 1.54) is 12.3 Å². The minimum absolute atomic E-state index is 0.221. The van der Waals surface area contributed by atoms with Crippen LogP contribution in [-0.4, -0.2) is 20.9 Å². The predicted molar refractivity (Wildman–Crippen MR) is 73.0 cm³/mol. The number of benzene rings is 1. The first-order valence-electron chi connectivity index (χ1n) is 6.01. The molecule has 0 saturated heterocycles. The number of imidazole rings is 1. The molecule has 100 valence electrons. The van der Waals surface area contributed by atoms with Gasteiger partial charge in [-0.2, -0.15) is 4.39 Å². The van der Waals surface area contributed by atoms with Gasteiger partial charge in [0.15, 0.2) is 0 Å². The second kappa shape index (κ2) is 4.73. The highest BCUT2D eigenvalue weighted by atomic mass is 19.1. The standard InChI is InChI=1S/C14H11FN4O/c1-8-17-11-3-2-10(7-12(11)18-8)19-14(20)9-4-5-16-13(15)6-9/h2-7H,1H3,(H,17,18)(H,19,20). The summed E-state index contributed by atoms with van der Waals surface area (Å²) in [6.07, 6.45) is 1.26. The highest BCUT2D eigenvalue weighted by molar-refractivity contribution is 6.04. The molecule has 3 rings (SSSR count). The van der Waals surface area contributed by atoms with E-state index in [4.69, 9.17) is 0 Å². The number of rotatable bonds is 2. The number of aromatic nitrogens is 3. The maximum absolute atomic E-state index is 13.0. The zero-order chi connectivity index (χ0) is 14.1. The molecule has 0 saturated carbocycles. The minimum Gasteiger partial charge on any atom is -0.342 e. The van der Waals surface area contributed by atoms with Crippen LogP contribution in [0.1, 0.15) is 16.2 Å². The Balaban J connectivity index is 1.87. The van der Waals surface area contributed by atoms with Gasteiger partial charge in [0, 0.05) is 23.5 Å². The molecule has 1 amide bonds. The maximum Gasteiger partial charge on any atom is 0.255 e. The van der Waals surface area contributed by atoms with Gasteiger partial charge in [-0.05, 0) is 31.2 Å². The molecular weight excluding hydrogens is 259 g/mol.